The lowest BCUT2D eigenvalue weighted by atomic mass is 10.2. The van der Waals surface area contributed by atoms with Gasteiger partial charge in [-0.25, -0.2) is 8.42 Å². The van der Waals surface area contributed by atoms with Crippen molar-refractivity contribution < 1.29 is 17.9 Å². The number of hydrogen-bond donors (Lipinski definition) is 0. The minimum Gasteiger partial charge on any atom is -0.465 e. The van der Waals surface area contributed by atoms with E-state index < -0.39 is 29.1 Å². The summed E-state index contributed by atoms with van der Waals surface area (Å²) in [7, 11) is -5.48. The fourth-order valence-corrected chi connectivity index (χ4v) is 6.70. The van der Waals surface area contributed by atoms with Crippen molar-refractivity contribution in [1.29, 1.82) is 0 Å². The minimum absolute atomic E-state index is 0.105. The predicted molar refractivity (Wildman–Crippen MR) is 121 cm³/mol. The molecule has 0 spiro atoms. The van der Waals surface area contributed by atoms with Crippen molar-refractivity contribution in [2.75, 3.05) is 6.61 Å². The highest BCUT2D eigenvalue weighted by Crippen LogP contribution is 2.21. The van der Waals surface area contributed by atoms with Gasteiger partial charge in [0.15, 0.2) is 15.1 Å². The molecule has 0 aliphatic heterocycles. The quantitative estimate of drug-likeness (QED) is 0.339. The number of hydrogen-bond acceptors (Lipinski definition) is 4. The summed E-state index contributed by atoms with van der Waals surface area (Å²) in [6.07, 6.45) is 3.93. The van der Waals surface area contributed by atoms with Gasteiger partial charge < -0.3 is 4.74 Å². The van der Waals surface area contributed by atoms with Crippen molar-refractivity contribution in [3.63, 3.8) is 0 Å². The summed E-state index contributed by atoms with van der Waals surface area (Å²) in [6, 6.07) is 17.8. The molecule has 0 heterocycles. The predicted octanol–water partition coefficient (Wildman–Crippen LogP) is 4.26. The molecule has 6 heteroatoms. The molecule has 0 radical (unpaired) electrons. The second-order valence-corrected chi connectivity index (χ2v) is 14.6. The second kappa shape index (κ2) is 10.0. The number of rotatable bonds is 9. The Kier molecular flexibility index (Phi) is 7.99. The van der Waals surface area contributed by atoms with Gasteiger partial charge in [0.2, 0.25) is 0 Å². The van der Waals surface area contributed by atoms with Crippen LogP contribution < -0.4 is 5.19 Å². The van der Waals surface area contributed by atoms with E-state index in [-0.39, 0.29) is 17.9 Å². The summed E-state index contributed by atoms with van der Waals surface area (Å²) < 4.78 is 31.2. The van der Waals surface area contributed by atoms with Crippen LogP contribution in [0.4, 0.5) is 0 Å². The van der Waals surface area contributed by atoms with Crippen LogP contribution in [0.5, 0.6) is 0 Å². The van der Waals surface area contributed by atoms with E-state index in [0.29, 0.717) is 0 Å². The van der Waals surface area contributed by atoms with Gasteiger partial charge in [0, 0.05) is 0 Å². The van der Waals surface area contributed by atoms with Crippen LogP contribution in [0.15, 0.2) is 71.6 Å². The molecular formula is C23H30O4SSi. The van der Waals surface area contributed by atoms with E-state index in [0.717, 1.165) is 11.6 Å². The molecule has 0 saturated heterocycles. The maximum Gasteiger partial charge on any atom is 0.325 e. The number of carbonyl (C=O) groups is 1. The molecule has 0 bridgehead atoms. The molecular weight excluding hydrogens is 400 g/mol. The first-order valence-corrected chi connectivity index (χ1v) is 14.6. The standard InChI is InChI=1S/C23H30O4SSi/c1-5-27-23(24)22(28(25,26)20-16-14-19(2)15-17-20)13-9-10-18-29(3,4)21-11-7-6-8-12-21/h6-12,14-17,22H,5,13,18H2,1-4H3/b10-9+. The highest BCUT2D eigenvalue weighted by molar-refractivity contribution is 7.92. The topological polar surface area (TPSA) is 60.4 Å². The molecule has 1 atom stereocenters. The number of esters is 1. The molecule has 0 aromatic heterocycles. The lowest BCUT2D eigenvalue weighted by molar-refractivity contribution is -0.142. The van der Waals surface area contributed by atoms with Crippen molar-refractivity contribution in [3.8, 4) is 0 Å². The Balaban J connectivity index is 2.18. The second-order valence-electron chi connectivity index (χ2n) is 7.76. The molecule has 0 fully saturated rings. The van der Waals surface area contributed by atoms with E-state index >= 15 is 0 Å². The van der Waals surface area contributed by atoms with E-state index in [1.165, 1.54) is 5.19 Å². The van der Waals surface area contributed by atoms with Crippen LogP contribution in [-0.2, 0) is 19.4 Å². The first-order chi connectivity index (χ1) is 13.7. The number of carbonyl (C=O) groups excluding carboxylic acids is 1. The van der Waals surface area contributed by atoms with Crippen molar-refractivity contribution in [2.24, 2.45) is 0 Å². The SMILES string of the molecule is CCOC(=O)C(C/C=C/C[Si](C)(C)c1ccccc1)S(=O)(=O)c1ccc(C)cc1. The van der Waals surface area contributed by atoms with Crippen LogP contribution in [0.25, 0.3) is 0 Å². The summed E-state index contributed by atoms with van der Waals surface area (Å²) in [5.74, 6) is -0.697. The molecule has 0 amide bonds. The molecule has 156 valence electrons. The van der Waals surface area contributed by atoms with Gasteiger partial charge in [-0.2, -0.15) is 0 Å². The van der Waals surface area contributed by atoms with Gasteiger partial charge in [0.1, 0.15) is 0 Å². The van der Waals surface area contributed by atoms with Crippen molar-refractivity contribution in [1.82, 2.24) is 0 Å². The summed E-state index contributed by atoms with van der Waals surface area (Å²) >= 11 is 0. The molecule has 0 N–H and O–H groups in total. The monoisotopic (exact) mass is 430 g/mol. The summed E-state index contributed by atoms with van der Waals surface area (Å²) in [5, 5.41) is 0.113. The van der Waals surface area contributed by atoms with E-state index in [1.807, 2.05) is 37.3 Å². The Morgan fingerprint density at radius 1 is 1.03 bits per heavy atom. The lowest BCUT2D eigenvalue weighted by Gasteiger charge is -2.21. The molecule has 0 aliphatic rings. The number of allylic oxidation sites excluding steroid dienone is 2. The molecule has 1 unspecified atom stereocenters. The Bertz CT molecular complexity index is 933. The molecule has 0 aliphatic carbocycles. The van der Waals surface area contributed by atoms with Crippen molar-refractivity contribution >= 4 is 29.1 Å². The Hall–Kier alpha value is -2.18. The average Bonchev–Trinajstić information content (AvgIpc) is 2.68. The normalized spacial score (nSPS) is 13.4. The maximum atomic E-state index is 13.0. The first kappa shape index (κ1) is 23.1. The fourth-order valence-electron chi connectivity index (χ4n) is 3.08. The van der Waals surface area contributed by atoms with Crippen LogP contribution in [-0.4, -0.2) is 34.3 Å². The van der Waals surface area contributed by atoms with Crippen LogP contribution in [0.1, 0.15) is 18.9 Å². The van der Waals surface area contributed by atoms with Crippen molar-refractivity contribution in [3.05, 3.63) is 72.3 Å². The van der Waals surface area contributed by atoms with Crippen LogP contribution >= 0.6 is 0 Å². The summed E-state index contributed by atoms with van der Waals surface area (Å²) in [4.78, 5) is 12.6. The third-order valence-corrected chi connectivity index (χ3v) is 10.2. The fraction of sp³-hybridized carbons (Fsp3) is 0.348. The van der Waals surface area contributed by atoms with Gasteiger partial charge in [0.25, 0.3) is 0 Å². The van der Waals surface area contributed by atoms with Gasteiger partial charge in [-0.3, -0.25) is 4.79 Å². The van der Waals surface area contributed by atoms with Crippen LogP contribution in [0, 0.1) is 6.92 Å². The Morgan fingerprint density at radius 3 is 2.24 bits per heavy atom. The zero-order valence-electron chi connectivity index (χ0n) is 17.6. The van der Waals surface area contributed by atoms with Gasteiger partial charge >= 0.3 is 5.97 Å². The first-order valence-electron chi connectivity index (χ1n) is 9.86. The highest BCUT2D eigenvalue weighted by atomic mass is 32.2. The Morgan fingerprint density at radius 2 is 1.66 bits per heavy atom. The van der Waals surface area contributed by atoms with Crippen LogP contribution in [0.3, 0.4) is 0 Å². The maximum absolute atomic E-state index is 13.0. The van der Waals surface area contributed by atoms with Crippen LogP contribution in [0.2, 0.25) is 19.1 Å². The van der Waals surface area contributed by atoms with E-state index in [2.05, 4.69) is 25.2 Å². The molecule has 0 saturated carbocycles. The molecule has 2 aromatic rings. The molecule has 2 rings (SSSR count). The molecule has 4 nitrogen and oxygen atoms in total. The van der Waals surface area contributed by atoms with Gasteiger partial charge in [0.05, 0.1) is 19.6 Å². The largest absolute Gasteiger partial charge is 0.465 e. The van der Waals surface area contributed by atoms with E-state index in [9.17, 15) is 13.2 Å². The van der Waals surface area contributed by atoms with E-state index in [4.69, 9.17) is 4.74 Å². The van der Waals surface area contributed by atoms with Gasteiger partial charge in [-0.1, -0.05) is 78.5 Å². The summed E-state index contributed by atoms with van der Waals surface area (Å²) in [6.45, 7) is 8.27. The van der Waals surface area contributed by atoms with Gasteiger partial charge in [-0.15, -0.1) is 0 Å². The average molecular weight is 431 g/mol. The van der Waals surface area contributed by atoms with Crippen molar-refractivity contribution in [2.45, 2.75) is 49.6 Å². The number of sulfone groups is 1. The zero-order chi connectivity index (χ0) is 21.5. The molecule has 29 heavy (non-hydrogen) atoms. The summed E-state index contributed by atoms with van der Waals surface area (Å²) in [5.41, 5.74) is 0.963. The number of ether oxygens (including phenoxy) is 1. The minimum atomic E-state index is -3.82. The lowest BCUT2D eigenvalue weighted by Crippen LogP contribution is -2.40. The highest BCUT2D eigenvalue weighted by Gasteiger charge is 2.34. The third-order valence-electron chi connectivity index (χ3n) is 4.97. The smallest absolute Gasteiger partial charge is 0.325 e. The van der Waals surface area contributed by atoms with Gasteiger partial charge in [-0.05, 0) is 38.4 Å². The number of aryl methyl sites for hydroxylation is 1. The zero-order valence-corrected chi connectivity index (χ0v) is 19.4. The number of benzene rings is 2. The third kappa shape index (κ3) is 6.15. The molecule has 2 aromatic carbocycles. The Labute approximate surface area is 175 Å². The van der Waals surface area contributed by atoms with E-state index in [1.54, 1.807) is 31.2 Å².